The fourth-order valence-corrected chi connectivity index (χ4v) is 1.34. The molecule has 0 amide bonds. The first kappa shape index (κ1) is 9.26. The molecule has 0 aromatic heterocycles. The van der Waals surface area contributed by atoms with E-state index in [0.29, 0.717) is 10.5 Å². The normalized spacial score (nSPS) is 9.92. The fraction of sp³-hybridized carbons (Fsp3) is 0.222. The third-order valence-electron chi connectivity index (χ3n) is 1.56. The topological polar surface area (TPSA) is 17.1 Å². The summed E-state index contributed by atoms with van der Waals surface area (Å²) in [4.78, 5) is 11.4. The first-order chi connectivity index (χ1) is 5.65. The molecule has 0 atom stereocenters. The Morgan fingerprint density at radius 1 is 1.50 bits per heavy atom. The second-order valence-corrected chi connectivity index (χ2v) is 3.25. The van der Waals surface area contributed by atoms with Gasteiger partial charge in [0, 0.05) is 10.5 Å². The van der Waals surface area contributed by atoms with Gasteiger partial charge in [-0.05, 0) is 25.3 Å². The second-order valence-electron chi connectivity index (χ2n) is 2.41. The third-order valence-corrected chi connectivity index (χ3v) is 2.33. The van der Waals surface area contributed by atoms with Crippen molar-refractivity contribution in [3.8, 4) is 0 Å². The van der Waals surface area contributed by atoms with Crippen molar-refractivity contribution in [1.82, 2.24) is 0 Å². The van der Waals surface area contributed by atoms with Crippen LogP contribution in [-0.2, 0) is 0 Å². The summed E-state index contributed by atoms with van der Waals surface area (Å²) in [6, 6.07) is 4.53. The Balaban J connectivity index is 3.10. The molecule has 1 nitrogen and oxygen atoms in total. The highest BCUT2D eigenvalue weighted by Gasteiger charge is 2.04. The van der Waals surface area contributed by atoms with E-state index in [1.165, 1.54) is 24.8 Å². The molecule has 0 saturated carbocycles. The second kappa shape index (κ2) is 3.72. The number of rotatable bonds is 2. The maximum absolute atomic E-state index is 13.0. The van der Waals surface area contributed by atoms with Crippen molar-refractivity contribution in [1.29, 1.82) is 0 Å². The minimum Gasteiger partial charge on any atom is -0.295 e. The number of carbonyl (C=O) groups is 1. The van der Waals surface area contributed by atoms with E-state index >= 15 is 0 Å². The molecular formula is C9H9FOS. The van der Waals surface area contributed by atoms with Crippen LogP contribution in [0.25, 0.3) is 0 Å². The van der Waals surface area contributed by atoms with Gasteiger partial charge >= 0.3 is 0 Å². The van der Waals surface area contributed by atoms with Crippen LogP contribution in [0.4, 0.5) is 4.39 Å². The van der Waals surface area contributed by atoms with E-state index in [1.807, 2.05) is 0 Å². The van der Waals surface area contributed by atoms with Gasteiger partial charge in [0.15, 0.2) is 5.78 Å². The molecule has 12 heavy (non-hydrogen) atoms. The summed E-state index contributed by atoms with van der Waals surface area (Å²) >= 11 is 1.33. The van der Waals surface area contributed by atoms with Gasteiger partial charge in [-0.1, -0.05) is 6.07 Å². The molecule has 0 N–H and O–H groups in total. The molecule has 0 unspecified atom stereocenters. The Kier molecular flexibility index (Phi) is 2.87. The van der Waals surface area contributed by atoms with Crippen LogP contribution >= 0.6 is 11.8 Å². The number of halogens is 1. The zero-order valence-corrected chi connectivity index (χ0v) is 7.74. The summed E-state index contributed by atoms with van der Waals surface area (Å²) in [6.07, 6.45) is 1.80. The summed E-state index contributed by atoms with van der Waals surface area (Å²) < 4.78 is 13.0. The van der Waals surface area contributed by atoms with Crippen LogP contribution in [-0.4, -0.2) is 12.0 Å². The Morgan fingerprint density at radius 2 is 2.17 bits per heavy atom. The summed E-state index contributed by atoms with van der Waals surface area (Å²) in [7, 11) is 0. The van der Waals surface area contributed by atoms with Gasteiger partial charge in [-0.2, -0.15) is 0 Å². The van der Waals surface area contributed by atoms with Gasteiger partial charge < -0.3 is 0 Å². The lowest BCUT2D eigenvalue weighted by atomic mass is 10.1. The largest absolute Gasteiger partial charge is 0.295 e. The number of carbonyl (C=O) groups excluding carboxylic acids is 1. The molecule has 1 aromatic carbocycles. The molecule has 0 saturated heterocycles. The fourth-order valence-electron chi connectivity index (χ4n) is 0.885. The SMILES string of the molecule is CSc1ccc(C(C)=O)cc1F. The lowest BCUT2D eigenvalue weighted by Gasteiger charge is -2.00. The van der Waals surface area contributed by atoms with E-state index in [2.05, 4.69) is 0 Å². The predicted molar refractivity (Wildman–Crippen MR) is 48.2 cm³/mol. The average molecular weight is 184 g/mol. The zero-order chi connectivity index (χ0) is 9.14. The lowest BCUT2D eigenvalue weighted by molar-refractivity contribution is 0.101. The Labute approximate surface area is 75.0 Å². The van der Waals surface area contributed by atoms with Crippen LogP contribution < -0.4 is 0 Å². The van der Waals surface area contributed by atoms with Crippen LogP contribution in [0.2, 0.25) is 0 Å². The van der Waals surface area contributed by atoms with Gasteiger partial charge in [-0.25, -0.2) is 4.39 Å². The maximum Gasteiger partial charge on any atom is 0.159 e. The molecule has 0 heterocycles. The van der Waals surface area contributed by atoms with Crippen LogP contribution in [0.3, 0.4) is 0 Å². The number of hydrogen-bond acceptors (Lipinski definition) is 2. The first-order valence-electron chi connectivity index (χ1n) is 3.49. The quantitative estimate of drug-likeness (QED) is 0.519. The highest BCUT2D eigenvalue weighted by atomic mass is 32.2. The monoisotopic (exact) mass is 184 g/mol. The number of Topliss-reactive ketones (excluding diaryl/α,β-unsaturated/α-hetero) is 1. The molecule has 64 valence electrons. The molecule has 1 aromatic rings. The number of thioether (sulfide) groups is 1. The smallest absolute Gasteiger partial charge is 0.159 e. The van der Waals surface area contributed by atoms with Crippen molar-refractivity contribution in [3.63, 3.8) is 0 Å². The molecule has 0 radical (unpaired) electrons. The Morgan fingerprint density at radius 3 is 2.58 bits per heavy atom. The highest BCUT2D eigenvalue weighted by molar-refractivity contribution is 7.98. The third kappa shape index (κ3) is 1.85. The van der Waals surface area contributed by atoms with E-state index in [1.54, 1.807) is 18.4 Å². The molecular weight excluding hydrogens is 175 g/mol. The maximum atomic E-state index is 13.0. The molecule has 0 bridgehead atoms. The van der Waals surface area contributed by atoms with Crippen molar-refractivity contribution in [2.24, 2.45) is 0 Å². The molecule has 0 aliphatic heterocycles. The summed E-state index contributed by atoms with van der Waals surface area (Å²) in [6.45, 7) is 1.42. The van der Waals surface area contributed by atoms with Gasteiger partial charge in [0.25, 0.3) is 0 Å². The van der Waals surface area contributed by atoms with E-state index in [9.17, 15) is 9.18 Å². The average Bonchev–Trinajstić information content (AvgIpc) is 2.04. The highest BCUT2D eigenvalue weighted by Crippen LogP contribution is 2.19. The van der Waals surface area contributed by atoms with Crippen molar-refractivity contribution >= 4 is 17.5 Å². The number of benzene rings is 1. The lowest BCUT2D eigenvalue weighted by Crippen LogP contribution is -1.93. The van der Waals surface area contributed by atoms with E-state index < -0.39 is 0 Å². The van der Waals surface area contributed by atoms with Crippen LogP contribution in [0, 0.1) is 5.82 Å². The van der Waals surface area contributed by atoms with Gasteiger partial charge in [-0.3, -0.25) is 4.79 Å². The minimum absolute atomic E-state index is 0.110. The summed E-state index contributed by atoms with van der Waals surface area (Å²) in [5.74, 6) is -0.434. The molecule has 3 heteroatoms. The first-order valence-corrected chi connectivity index (χ1v) is 4.72. The van der Waals surface area contributed by atoms with Crippen molar-refractivity contribution in [2.75, 3.05) is 6.26 Å². The van der Waals surface area contributed by atoms with E-state index in [4.69, 9.17) is 0 Å². The van der Waals surface area contributed by atoms with Gasteiger partial charge in [0.2, 0.25) is 0 Å². The van der Waals surface area contributed by atoms with Gasteiger partial charge in [-0.15, -0.1) is 11.8 Å². The van der Waals surface area contributed by atoms with Gasteiger partial charge in [0.1, 0.15) is 5.82 Å². The van der Waals surface area contributed by atoms with Crippen LogP contribution in [0.15, 0.2) is 23.1 Å². The zero-order valence-electron chi connectivity index (χ0n) is 6.93. The van der Waals surface area contributed by atoms with Crippen LogP contribution in [0.5, 0.6) is 0 Å². The van der Waals surface area contributed by atoms with E-state index in [0.717, 1.165) is 0 Å². The predicted octanol–water partition coefficient (Wildman–Crippen LogP) is 2.75. The Bertz CT molecular complexity index is 309. The molecule has 0 aliphatic carbocycles. The van der Waals surface area contributed by atoms with E-state index in [-0.39, 0.29) is 11.6 Å². The van der Waals surface area contributed by atoms with Crippen molar-refractivity contribution in [2.45, 2.75) is 11.8 Å². The van der Waals surface area contributed by atoms with Crippen LogP contribution in [0.1, 0.15) is 17.3 Å². The Hall–Kier alpha value is -0.830. The summed E-state index contributed by atoms with van der Waals surface area (Å²) in [5, 5.41) is 0. The standard InChI is InChI=1S/C9H9FOS/c1-6(11)7-3-4-9(12-2)8(10)5-7/h3-5H,1-2H3. The summed E-state index contributed by atoms with van der Waals surface area (Å²) in [5.41, 5.74) is 0.422. The minimum atomic E-state index is -0.324. The molecule has 0 spiro atoms. The molecule has 0 aliphatic rings. The number of ketones is 1. The molecule has 1 rings (SSSR count). The van der Waals surface area contributed by atoms with Gasteiger partial charge in [0.05, 0.1) is 0 Å². The van der Waals surface area contributed by atoms with Crippen molar-refractivity contribution in [3.05, 3.63) is 29.6 Å². The molecule has 0 fully saturated rings. The van der Waals surface area contributed by atoms with Crippen molar-refractivity contribution < 1.29 is 9.18 Å². The number of hydrogen-bond donors (Lipinski definition) is 0.